The first-order chi connectivity index (χ1) is 16.0. The van der Waals surface area contributed by atoms with Gasteiger partial charge in [-0.3, -0.25) is 9.36 Å². The Hall–Kier alpha value is -3.62. The molecule has 0 atom stereocenters. The average Bonchev–Trinajstić information content (AvgIpc) is 3.26. The molecular weight excluding hydrogens is 458 g/mol. The molecule has 0 unspecified atom stereocenters. The molecule has 1 amide bonds. The molecule has 0 saturated carbocycles. The van der Waals surface area contributed by atoms with Crippen molar-refractivity contribution in [2.75, 3.05) is 5.75 Å². The van der Waals surface area contributed by atoms with Crippen LogP contribution in [0.3, 0.4) is 0 Å². The second-order valence-corrected chi connectivity index (χ2v) is 8.43. The standard InChI is InChI=1S/C24H20ClN5O2S/c1-16(18-8-5-9-21(31)14-18)26-27-22(32)15-33-24-29-28-23(17-6-3-2-4-7-17)30(24)20-12-10-19(25)11-13-20/h2-14,31H,15H2,1H3,(H,27,32)/b26-16-. The van der Waals surface area contributed by atoms with E-state index in [1.165, 1.54) is 11.8 Å². The number of phenols is 1. The van der Waals surface area contributed by atoms with Crippen molar-refractivity contribution in [3.05, 3.63) is 89.4 Å². The van der Waals surface area contributed by atoms with Crippen molar-refractivity contribution < 1.29 is 9.90 Å². The topological polar surface area (TPSA) is 92.4 Å². The molecule has 4 rings (SSSR count). The number of rotatable bonds is 7. The Morgan fingerprint density at radius 2 is 1.82 bits per heavy atom. The lowest BCUT2D eigenvalue weighted by Gasteiger charge is -2.10. The maximum Gasteiger partial charge on any atom is 0.250 e. The number of benzene rings is 3. The molecule has 0 fully saturated rings. The van der Waals surface area contributed by atoms with E-state index >= 15 is 0 Å². The second-order valence-electron chi connectivity index (χ2n) is 7.06. The Kier molecular flexibility index (Phi) is 7.07. The minimum absolute atomic E-state index is 0.0946. The summed E-state index contributed by atoms with van der Waals surface area (Å²) in [5, 5.41) is 23.6. The van der Waals surface area contributed by atoms with E-state index in [1.54, 1.807) is 43.3 Å². The summed E-state index contributed by atoms with van der Waals surface area (Å²) in [5.74, 6) is 0.613. The summed E-state index contributed by atoms with van der Waals surface area (Å²) in [6.45, 7) is 1.76. The van der Waals surface area contributed by atoms with Crippen molar-refractivity contribution in [3.8, 4) is 22.8 Å². The van der Waals surface area contributed by atoms with Crippen LogP contribution >= 0.6 is 23.4 Å². The number of aromatic nitrogens is 3. The van der Waals surface area contributed by atoms with E-state index in [4.69, 9.17) is 11.6 Å². The normalized spacial score (nSPS) is 11.4. The van der Waals surface area contributed by atoms with Crippen molar-refractivity contribution in [2.24, 2.45) is 5.10 Å². The fourth-order valence-electron chi connectivity index (χ4n) is 3.06. The summed E-state index contributed by atoms with van der Waals surface area (Å²) in [4.78, 5) is 12.4. The molecule has 0 radical (unpaired) electrons. The molecule has 0 bridgehead atoms. The molecule has 7 nitrogen and oxygen atoms in total. The maximum atomic E-state index is 12.4. The van der Waals surface area contributed by atoms with Crippen molar-refractivity contribution in [1.82, 2.24) is 20.2 Å². The zero-order chi connectivity index (χ0) is 23.2. The number of carbonyl (C=O) groups is 1. The van der Waals surface area contributed by atoms with E-state index in [2.05, 4.69) is 20.7 Å². The number of hydrazone groups is 1. The highest BCUT2D eigenvalue weighted by molar-refractivity contribution is 7.99. The van der Waals surface area contributed by atoms with Crippen LogP contribution in [0.4, 0.5) is 0 Å². The Balaban J connectivity index is 1.52. The monoisotopic (exact) mass is 477 g/mol. The molecular formula is C24H20ClN5O2S. The van der Waals surface area contributed by atoms with Gasteiger partial charge in [0.05, 0.1) is 11.5 Å². The molecule has 1 heterocycles. The molecule has 4 aromatic rings. The van der Waals surface area contributed by atoms with Gasteiger partial charge >= 0.3 is 0 Å². The Labute approximate surface area is 200 Å². The van der Waals surface area contributed by atoms with Gasteiger partial charge in [-0.25, -0.2) is 5.43 Å². The Bertz CT molecular complexity index is 1290. The number of phenolic OH excluding ortho intramolecular Hbond substituents is 1. The third kappa shape index (κ3) is 5.60. The summed E-state index contributed by atoms with van der Waals surface area (Å²) in [7, 11) is 0. The molecule has 0 aliphatic carbocycles. The SMILES string of the molecule is C/C(=N/NC(=O)CSc1nnc(-c2ccccc2)n1-c1ccc(Cl)cc1)c1cccc(O)c1. The van der Waals surface area contributed by atoms with Gasteiger partial charge in [0, 0.05) is 21.8 Å². The number of hydrogen-bond acceptors (Lipinski definition) is 6. The molecule has 0 spiro atoms. The van der Waals surface area contributed by atoms with Crippen molar-refractivity contribution in [2.45, 2.75) is 12.1 Å². The largest absolute Gasteiger partial charge is 0.508 e. The van der Waals surface area contributed by atoms with Gasteiger partial charge in [0.1, 0.15) is 5.75 Å². The summed E-state index contributed by atoms with van der Waals surface area (Å²) in [5.41, 5.74) is 5.59. The van der Waals surface area contributed by atoms with Gasteiger partial charge in [-0.15, -0.1) is 10.2 Å². The summed E-state index contributed by atoms with van der Waals surface area (Å²) in [6.07, 6.45) is 0. The zero-order valence-electron chi connectivity index (χ0n) is 17.6. The Morgan fingerprint density at radius 3 is 2.55 bits per heavy atom. The van der Waals surface area contributed by atoms with E-state index in [0.717, 1.165) is 16.8 Å². The van der Waals surface area contributed by atoms with Gasteiger partial charge in [-0.2, -0.15) is 5.10 Å². The van der Waals surface area contributed by atoms with E-state index < -0.39 is 0 Å². The van der Waals surface area contributed by atoms with Gasteiger partial charge in [0.25, 0.3) is 5.91 Å². The highest BCUT2D eigenvalue weighted by Gasteiger charge is 2.17. The van der Waals surface area contributed by atoms with Crippen LogP contribution in [0, 0.1) is 0 Å². The fraction of sp³-hybridized carbons (Fsp3) is 0.0833. The highest BCUT2D eigenvalue weighted by atomic mass is 35.5. The van der Waals surface area contributed by atoms with Crippen LogP contribution in [-0.2, 0) is 4.79 Å². The van der Waals surface area contributed by atoms with E-state index in [1.807, 2.05) is 47.0 Å². The van der Waals surface area contributed by atoms with Crippen LogP contribution in [0.5, 0.6) is 5.75 Å². The number of halogens is 1. The first-order valence-corrected chi connectivity index (χ1v) is 11.4. The van der Waals surface area contributed by atoms with Crippen LogP contribution < -0.4 is 5.43 Å². The maximum absolute atomic E-state index is 12.4. The van der Waals surface area contributed by atoms with Gasteiger partial charge in [-0.1, -0.05) is 65.8 Å². The molecule has 33 heavy (non-hydrogen) atoms. The van der Waals surface area contributed by atoms with Gasteiger partial charge in [-0.05, 0) is 43.3 Å². The number of amides is 1. The van der Waals surface area contributed by atoms with Crippen molar-refractivity contribution in [3.63, 3.8) is 0 Å². The minimum atomic E-state index is -0.286. The van der Waals surface area contributed by atoms with Crippen molar-refractivity contribution in [1.29, 1.82) is 0 Å². The van der Waals surface area contributed by atoms with Gasteiger partial charge in [0.15, 0.2) is 11.0 Å². The third-order valence-electron chi connectivity index (χ3n) is 4.69. The second kappa shape index (κ2) is 10.3. The predicted octanol–water partition coefficient (Wildman–Crippen LogP) is 4.93. The molecule has 0 aliphatic heterocycles. The summed E-state index contributed by atoms with van der Waals surface area (Å²) < 4.78 is 1.89. The van der Waals surface area contributed by atoms with E-state index in [-0.39, 0.29) is 17.4 Å². The first-order valence-electron chi connectivity index (χ1n) is 10.0. The third-order valence-corrected chi connectivity index (χ3v) is 5.88. The van der Waals surface area contributed by atoms with E-state index in [0.29, 0.717) is 21.7 Å². The van der Waals surface area contributed by atoms with Crippen LogP contribution in [0.15, 0.2) is 89.1 Å². The van der Waals surface area contributed by atoms with Gasteiger partial charge in [0.2, 0.25) is 0 Å². The van der Waals surface area contributed by atoms with Crippen LogP contribution in [0.2, 0.25) is 5.02 Å². The summed E-state index contributed by atoms with van der Waals surface area (Å²) >= 11 is 7.32. The molecule has 1 aromatic heterocycles. The predicted molar refractivity (Wildman–Crippen MR) is 131 cm³/mol. The lowest BCUT2D eigenvalue weighted by Crippen LogP contribution is -2.21. The van der Waals surface area contributed by atoms with Crippen LogP contribution in [0.25, 0.3) is 17.1 Å². The lowest BCUT2D eigenvalue weighted by molar-refractivity contribution is -0.118. The zero-order valence-corrected chi connectivity index (χ0v) is 19.2. The van der Waals surface area contributed by atoms with Crippen LogP contribution in [-0.4, -0.2) is 37.2 Å². The van der Waals surface area contributed by atoms with Crippen molar-refractivity contribution >= 4 is 35.0 Å². The number of thioether (sulfide) groups is 1. The molecule has 2 N–H and O–H groups in total. The number of carbonyl (C=O) groups excluding carboxylic acids is 1. The molecule has 3 aromatic carbocycles. The smallest absolute Gasteiger partial charge is 0.250 e. The number of nitrogens with one attached hydrogen (secondary N) is 1. The summed E-state index contributed by atoms with van der Waals surface area (Å²) in [6, 6.07) is 23.7. The minimum Gasteiger partial charge on any atom is -0.508 e. The number of aromatic hydroxyl groups is 1. The Morgan fingerprint density at radius 1 is 1.06 bits per heavy atom. The van der Waals surface area contributed by atoms with E-state index in [9.17, 15) is 9.90 Å². The first kappa shape index (κ1) is 22.6. The lowest BCUT2D eigenvalue weighted by atomic mass is 10.1. The number of nitrogens with zero attached hydrogens (tertiary/aromatic N) is 4. The molecule has 0 aliphatic rings. The molecule has 0 saturated heterocycles. The highest BCUT2D eigenvalue weighted by Crippen LogP contribution is 2.28. The molecule has 9 heteroatoms. The number of hydrogen-bond donors (Lipinski definition) is 2. The molecule has 166 valence electrons. The van der Waals surface area contributed by atoms with Crippen LogP contribution in [0.1, 0.15) is 12.5 Å². The quantitative estimate of drug-likeness (QED) is 0.224. The van der Waals surface area contributed by atoms with Gasteiger partial charge < -0.3 is 5.11 Å². The fourth-order valence-corrected chi connectivity index (χ4v) is 3.93. The average molecular weight is 478 g/mol.